The second kappa shape index (κ2) is 9.85. The van der Waals surface area contributed by atoms with Crippen LogP contribution in [0.5, 0.6) is 0 Å². The number of amides is 2. The van der Waals surface area contributed by atoms with Gasteiger partial charge in [0.15, 0.2) is 0 Å². The van der Waals surface area contributed by atoms with Crippen LogP contribution in [0.3, 0.4) is 0 Å². The molecule has 0 radical (unpaired) electrons. The van der Waals surface area contributed by atoms with E-state index in [4.69, 9.17) is 0 Å². The number of rotatable bonds is 6. The maximum atomic E-state index is 13.2. The van der Waals surface area contributed by atoms with E-state index in [0.717, 1.165) is 23.1 Å². The molecule has 1 saturated heterocycles. The molecule has 2 aromatic carbocycles. The minimum atomic E-state index is -0.118. The number of halogens is 1. The molecule has 148 valence electrons. The number of carbonyl (C=O) groups is 2. The molecule has 3 rings (SSSR count). The summed E-state index contributed by atoms with van der Waals surface area (Å²) in [6, 6.07) is 17.4. The molecule has 0 aliphatic carbocycles. The summed E-state index contributed by atoms with van der Waals surface area (Å²) in [7, 11) is 0. The van der Waals surface area contributed by atoms with Crippen molar-refractivity contribution in [3.8, 4) is 0 Å². The van der Waals surface area contributed by atoms with Crippen molar-refractivity contribution in [3.05, 3.63) is 70.2 Å². The first-order valence-electron chi connectivity index (χ1n) is 9.63. The van der Waals surface area contributed by atoms with E-state index in [-0.39, 0.29) is 24.3 Å². The fourth-order valence-electron chi connectivity index (χ4n) is 3.42. The topological polar surface area (TPSA) is 52.7 Å². The number of nitrogens with zero attached hydrogens (tertiary/aromatic N) is 2. The van der Waals surface area contributed by atoms with Crippen molar-refractivity contribution in [1.82, 2.24) is 15.1 Å². The lowest BCUT2D eigenvalue weighted by Gasteiger charge is -2.31. The summed E-state index contributed by atoms with van der Waals surface area (Å²) in [4.78, 5) is 29.6. The lowest BCUT2D eigenvalue weighted by molar-refractivity contribution is -0.132. The number of piperazine rings is 1. The van der Waals surface area contributed by atoms with Crippen LogP contribution in [-0.4, -0.2) is 60.9 Å². The van der Waals surface area contributed by atoms with E-state index in [1.165, 1.54) is 0 Å². The first kappa shape index (κ1) is 20.6. The van der Waals surface area contributed by atoms with Crippen LogP contribution in [0.1, 0.15) is 28.8 Å². The van der Waals surface area contributed by atoms with Crippen molar-refractivity contribution in [2.75, 3.05) is 39.3 Å². The summed E-state index contributed by atoms with van der Waals surface area (Å²) >= 11 is 3.43. The van der Waals surface area contributed by atoms with Gasteiger partial charge >= 0.3 is 0 Å². The van der Waals surface area contributed by atoms with Gasteiger partial charge in [-0.25, -0.2) is 0 Å². The van der Waals surface area contributed by atoms with Gasteiger partial charge < -0.3 is 15.1 Å². The quantitative estimate of drug-likeness (QED) is 0.745. The Hall–Kier alpha value is -2.18. The molecular formula is C22H26BrN3O2. The number of hydrogen-bond acceptors (Lipinski definition) is 3. The molecule has 0 saturated carbocycles. The molecule has 2 aromatic rings. The Balaban J connectivity index is 1.78. The Morgan fingerprint density at radius 2 is 1.82 bits per heavy atom. The molecule has 1 aliphatic heterocycles. The van der Waals surface area contributed by atoms with E-state index in [0.29, 0.717) is 25.2 Å². The van der Waals surface area contributed by atoms with Gasteiger partial charge in [-0.1, -0.05) is 59.3 Å². The van der Waals surface area contributed by atoms with Gasteiger partial charge in [-0.2, -0.15) is 0 Å². The van der Waals surface area contributed by atoms with E-state index >= 15 is 0 Å². The van der Waals surface area contributed by atoms with E-state index < -0.39 is 0 Å². The van der Waals surface area contributed by atoms with Crippen LogP contribution in [0.15, 0.2) is 59.1 Å². The standard InChI is InChI=1S/C22H26BrN3O2/c1-17(18-6-3-2-4-7-18)15-26(16-21(27)25-12-10-24-11-13-25)22(28)19-8-5-9-20(23)14-19/h2-9,14,17,24H,10-13,15-16H2,1H3/t17-/m0/s1. The predicted molar refractivity (Wildman–Crippen MR) is 114 cm³/mol. The van der Waals surface area contributed by atoms with E-state index in [1.54, 1.807) is 17.0 Å². The smallest absolute Gasteiger partial charge is 0.254 e. The zero-order chi connectivity index (χ0) is 19.9. The van der Waals surface area contributed by atoms with Gasteiger partial charge in [0.25, 0.3) is 5.91 Å². The highest BCUT2D eigenvalue weighted by Crippen LogP contribution is 2.19. The number of benzene rings is 2. The van der Waals surface area contributed by atoms with Gasteiger partial charge in [-0.15, -0.1) is 0 Å². The van der Waals surface area contributed by atoms with E-state index in [2.05, 4.69) is 40.3 Å². The summed E-state index contributed by atoms with van der Waals surface area (Å²) in [5, 5.41) is 3.25. The predicted octanol–water partition coefficient (Wildman–Crippen LogP) is 3.13. The SMILES string of the molecule is C[C@@H](CN(CC(=O)N1CCNCC1)C(=O)c1cccc(Br)c1)c1ccccc1. The van der Waals surface area contributed by atoms with Gasteiger partial charge in [0, 0.05) is 42.8 Å². The molecule has 1 heterocycles. The highest BCUT2D eigenvalue weighted by molar-refractivity contribution is 9.10. The van der Waals surface area contributed by atoms with Gasteiger partial charge in [0.05, 0.1) is 0 Å². The zero-order valence-electron chi connectivity index (χ0n) is 16.1. The first-order valence-corrected chi connectivity index (χ1v) is 10.4. The third-order valence-electron chi connectivity index (χ3n) is 5.02. The van der Waals surface area contributed by atoms with Crippen LogP contribution in [0.2, 0.25) is 0 Å². The van der Waals surface area contributed by atoms with Crippen molar-refractivity contribution in [2.24, 2.45) is 0 Å². The molecule has 1 atom stereocenters. The molecule has 6 heteroatoms. The van der Waals surface area contributed by atoms with Crippen molar-refractivity contribution in [3.63, 3.8) is 0 Å². The molecule has 28 heavy (non-hydrogen) atoms. The van der Waals surface area contributed by atoms with Gasteiger partial charge in [-0.3, -0.25) is 9.59 Å². The monoisotopic (exact) mass is 443 g/mol. The lowest BCUT2D eigenvalue weighted by Crippen LogP contribution is -2.50. The minimum Gasteiger partial charge on any atom is -0.339 e. The molecule has 5 nitrogen and oxygen atoms in total. The molecule has 1 aliphatic rings. The first-order chi connectivity index (χ1) is 13.5. The fraction of sp³-hybridized carbons (Fsp3) is 0.364. The molecule has 0 bridgehead atoms. The number of hydrogen-bond donors (Lipinski definition) is 1. The minimum absolute atomic E-state index is 0.00473. The average Bonchev–Trinajstić information content (AvgIpc) is 2.74. The zero-order valence-corrected chi connectivity index (χ0v) is 17.7. The maximum Gasteiger partial charge on any atom is 0.254 e. The third-order valence-corrected chi connectivity index (χ3v) is 5.51. The van der Waals surface area contributed by atoms with Crippen molar-refractivity contribution in [2.45, 2.75) is 12.8 Å². The van der Waals surface area contributed by atoms with Crippen LogP contribution in [0.25, 0.3) is 0 Å². The van der Waals surface area contributed by atoms with Gasteiger partial charge in [0.2, 0.25) is 5.91 Å². The van der Waals surface area contributed by atoms with E-state index in [1.807, 2.05) is 35.2 Å². The highest BCUT2D eigenvalue weighted by atomic mass is 79.9. The third kappa shape index (κ3) is 5.42. The van der Waals surface area contributed by atoms with Crippen molar-refractivity contribution in [1.29, 1.82) is 0 Å². The lowest BCUT2D eigenvalue weighted by atomic mass is 10.0. The Bertz CT molecular complexity index is 806. The van der Waals surface area contributed by atoms with E-state index in [9.17, 15) is 9.59 Å². The Morgan fingerprint density at radius 1 is 1.11 bits per heavy atom. The van der Waals surface area contributed by atoms with Crippen molar-refractivity contribution < 1.29 is 9.59 Å². The Kier molecular flexibility index (Phi) is 7.23. The van der Waals surface area contributed by atoms with Crippen LogP contribution in [0.4, 0.5) is 0 Å². The molecule has 2 amide bonds. The summed E-state index contributed by atoms with van der Waals surface area (Å²) in [6.07, 6.45) is 0. The average molecular weight is 444 g/mol. The molecule has 0 aromatic heterocycles. The maximum absolute atomic E-state index is 13.2. The summed E-state index contributed by atoms with van der Waals surface area (Å²) in [5.41, 5.74) is 1.74. The highest BCUT2D eigenvalue weighted by Gasteiger charge is 2.25. The second-order valence-electron chi connectivity index (χ2n) is 7.14. The summed E-state index contributed by atoms with van der Waals surface area (Å²) in [5.74, 6) is 0.0193. The van der Waals surface area contributed by atoms with Crippen LogP contribution < -0.4 is 5.32 Å². The molecule has 1 fully saturated rings. The van der Waals surface area contributed by atoms with Crippen LogP contribution in [0, 0.1) is 0 Å². The Morgan fingerprint density at radius 3 is 2.50 bits per heavy atom. The summed E-state index contributed by atoms with van der Waals surface area (Å²) in [6.45, 7) is 5.65. The molecule has 0 unspecified atom stereocenters. The largest absolute Gasteiger partial charge is 0.339 e. The molecule has 0 spiro atoms. The van der Waals surface area contributed by atoms with Crippen molar-refractivity contribution >= 4 is 27.7 Å². The van der Waals surface area contributed by atoms with Crippen LogP contribution >= 0.6 is 15.9 Å². The number of nitrogens with one attached hydrogen (secondary N) is 1. The van der Waals surface area contributed by atoms with Crippen LogP contribution in [-0.2, 0) is 4.79 Å². The molecule has 1 N–H and O–H groups in total. The van der Waals surface area contributed by atoms with Gasteiger partial charge in [0.1, 0.15) is 6.54 Å². The number of carbonyl (C=O) groups excluding carboxylic acids is 2. The van der Waals surface area contributed by atoms with Gasteiger partial charge in [-0.05, 0) is 29.7 Å². The normalized spacial score (nSPS) is 15.1. The second-order valence-corrected chi connectivity index (χ2v) is 8.05. The summed E-state index contributed by atoms with van der Waals surface area (Å²) < 4.78 is 0.850. The fourth-order valence-corrected chi connectivity index (χ4v) is 3.82. The Labute approximate surface area is 174 Å². The molecular weight excluding hydrogens is 418 g/mol.